The van der Waals surface area contributed by atoms with Gasteiger partial charge in [0.2, 0.25) is 0 Å². The Labute approximate surface area is 176 Å². The molecule has 154 valence electrons. The number of pyridine rings is 1. The van der Waals surface area contributed by atoms with Crippen LogP contribution in [0.4, 0.5) is 0 Å². The molecule has 0 aliphatic heterocycles. The third-order valence-electron chi connectivity index (χ3n) is 5.17. The number of fused-ring (bicyclic) bond motifs is 1. The Kier molecular flexibility index (Phi) is 6.24. The third kappa shape index (κ3) is 4.28. The van der Waals surface area contributed by atoms with Gasteiger partial charge in [0.1, 0.15) is 0 Å². The van der Waals surface area contributed by atoms with Crippen LogP contribution >= 0.6 is 11.6 Å². The van der Waals surface area contributed by atoms with E-state index in [2.05, 4.69) is 29.2 Å². The van der Waals surface area contributed by atoms with Crippen molar-refractivity contribution in [1.82, 2.24) is 25.0 Å². The maximum Gasteiger partial charge on any atom is 0.252 e. The van der Waals surface area contributed by atoms with Crippen LogP contribution in [0.3, 0.4) is 0 Å². The van der Waals surface area contributed by atoms with E-state index in [1.54, 1.807) is 4.68 Å². The molecule has 1 N–H and O–H groups in total. The van der Waals surface area contributed by atoms with Crippen LogP contribution in [-0.2, 0) is 7.05 Å². The fraction of sp³-hybridized carbons (Fsp3) is 0.409. The molecule has 1 atom stereocenters. The van der Waals surface area contributed by atoms with Crippen LogP contribution < -0.4 is 5.32 Å². The maximum atomic E-state index is 13.2. The summed E-state index contributed by atoms with van der Waals surface area (Å²) in [6, 6.07) is 9.58. The minimum absolute atomic E-state index is 0.0375. The van der Waals surface area contributed by atoms with Gasteiger partial charge < -0.3 is 10.2 Å². The normalized spacial score (nSPS) is 12.7. The van der Waals surface area contributed by atoms with E-state index in [4.69, 9.17) is 16.6 Å². The summed E-state index contributed by atoms with van der Waals surface area (Å²) in [5, 5.41) is 9.05. The van der Waals surface area contributed by atoms with Gasteiger partial charge in [-0.3, -0.25) is 9.48 Å². The topological polar surface area (TPSA) is 63.1 Å². The zero-order valence-electron chi connectivity index (χ0n) is 17.8. The van der Waals surface area contributed by atoms with Crippen molar-refractivity contribution in [2.45, 2.75) is 32.7 Å². The van der Waals surface area contributed by atoms with Crippen molar-refractivity contribution in [2.24, 2.45) is 7.05 Å². The predicted octanol–water partition coefficient (Wildman–Crippen LogP) is 4.09. The molecular weight excluding hydrogens is 386 g/mol. The number of aryl methyl sites for hydroxylation is 2. The number of hydrogen-bond donors (Lipinski definition) is 1. The maximum absolute atomic E-state index is 13.2. The van der Waals surface area contributed by atoms with Gasteiger partial charge in [-0.2, -0.15) is 5.10 Å². The summed E-state index contributed by atoms with van der Waals surface area (Å²) in [5.41, 5.74) is 4.00. The first kappa shape index (κ1) is 21.3. The zero-order valence-corrected chi connectivity index (χ0v) is 18.6. The van der Waals surface area contributed by atoms with Crippen molar-refractivity contribution >= 4 is 28.5 Å². The third-order valence-corrected chi connectivity index (χ3v) is 5.51. The van der Waals surface area contributed by atoms with Crippen LogP contribution in [0.1, 0.15) is 53.1 Å². The molecule has 7 heteroatoms. The largest absolute Gasteiger partial charge is 0.350 e. The van der Waals surface area contributed by atoms with E-state index in [1.807, 2.05) is 58.4 Å². The molecule has 0 aliphatic rings. The highest BCUT2D eigenvalue weighted by Crippen LogP contribution is 2.27. The summed E-state index contributed by atoms with van der Waals surface area (Å²) < 4.78 is 1.74. The Bertz CT molecular complexity index is 1040. The number of carbonyl (C=O) groups is 1. The minimum atomic E-state index is -0.130. The van der Waals surface area contributed by atoms with E-state index in [1.165, 1.54) is 0 Å². The summed E-state index contributed by atoms with van der Waals surface area (Å²) in [6.45, 7) is 6.48. The van der Waals surface area contributed by atoms with E-state index < -0.39 is 0 Å². The lowest BCUT2D eigenvalue weighted by Crippen LogP contribution is -2.35. The number of nitrogens with one attached hydrogen (secondary N) is 1. The molecule has 0 unspecified atom stereocenters. The van der Waals surface area contributed by atoms with Crippen molar-refractivity contribution in [3.05, 3.63) is 57.9 Å². The van der Waals surface area contributed by atoms with Crippen molar-refractivity contribution in [1.29, 1.82) is 0 Å². The van der Waals surface area contributed by atoms with Gasteiger partial charge in [-0.15, -0.1) is 0 Å². The van der Waals surface area contributed by atoms with E-state index >= 15 is 0 Å². The smallest absolute Gasteiger partial charge is 0.252 e. The number of likely N-dealkylation sites (N-methyl/N-ethyl adjacent to an activating group) is 1. The second kappa shape index (κ2) is 8.51. The molecule has 3 rings (SSSR count). The number of nitrogens with zero attached hydrogens (tertiary/aromatic N) is 4. The summed E-state index contributed by atoms with van der Waals surface area (Å²) >= 11 is 6.39. The molecule has 29 heavy (non-hydrogen) atoms. The van der Waals surface area contributed by atoms with Gasteiger partial charge in [-0.05, 0) is 44.6 Å². The molecule has 0 fully saturated rings. The van der Waals surface area contributed by atoms with Crippen LogP contribution in [0.25, 0.3) is 11.0 Å². The second-order valence-electron chi connectivity index (χ2n) is 7.87. The number of hydrogen-bond acceptors (Lipinski definition) is 4. The SMILES string of the molecule is Cc1nn(C)c2nc(C(C)C)cc(C(=O)NC[C@H](c3ccccc3Cl)N(C)C)c12. The number of aromatic nitrogens is 3. The summed E-state index contributed by atoms with van der Waals surface area (Å²) in [5.74, 6) is 0.0770. The van der Waals surface area contributed by atoms with Crippen LogP contribution in [0, 0.1) is 6.92 Å². The van der Waals surface area contributed by atoms with Crippen molar-refractivity contribution in [3.8, 4) is 0 Å². The van der Waals surface area contributed by atoms with Crippen molar-refractivity contribution in [2.75, 3.05) is 20.6 Å². The lowest BCUT2D eigenvalue weighted by molar-refractivity contribution is 0.0943. The first-order chi connectivity index (χ1) is 13.7. The van der Waals surface area contributed by atoms with Crippen LogP contribution in [-0.4, -0.2) is 46.2 Å². The molecule has 3 aromatic rings. The summed E-state index contributed by atoms with van der Waals surface area (Å²) in [6.07, 6.45) is 0. The monoisotopic (exact) mass is 413 g/mol. The first-order valence-corrected chi connectivity index (χ1v) is 10.1. The minimum Gasteiger partial charge on any atom is -0.350 e. The van der Waals surface area contributed by atoms with Crippen LogP contribution in [0.5, 0.6) is 0 Å². The Morgan fingerprint density at radius 3 is 2.59 bits per heavy atom. The van der Waals surface area contributed by atoms with Gasteiger partial charge in [0.15, 0.2) is 5.65 Å². The highest BCUT2D eigenvalue weighted by Gasteiger charge is 2.22. The van der Waals surface area contributed by atoms with Crippen LogP contribution in [0.2, 0.25) is 5.02 Å². The highest BCUT2D eigenvalue weighted by atomic mass is 35.5. The first-order valence-electron chi connectivity index (χ1n) is 9.74. The molecule has 2 heterocycles. The number of amides is 1. The molecule has 0 radical (unpaired) electrons. The van der Waals surface area contributed by atoms with Gasteiger partial charge >= 0.3 is 0 Å². The van der Waals surface area contributed by atoms with Gasteiger partial charge in [-0.25, -0.2) is 4.98 Å². The average Bonchev–Trinajstić information content (AvgIpc) is 2.96. The standard InChI is InChI=1S/C22H28ClN5O/c1-13(2)18-11-16(20-14(3)26-28(6)21(20)25-18)22(29)24-12-19(27(4)5)15-9-7-8-10-17(15)23/h7-11,13,19H,12H2,1-6H3,(H,24,29)/t19-/m1/s1. The van der Waals surface area contributed by atoms with Gasteiger partial charge in [0.05, 0.1) is 22.7 Å². The quantitative estimate of drug-likeness (QED) is 0.661. The van der Waals surface area contributed by atoms with E-state index in [-0.39, 0.29) is 17.9 Å². The number of carbonyl (C=O) groups excluding carboxylic acids is 1. The van der Waals surface area contributed by atoms with E-state index in [0.29, 0.717) is 17.1 Å². The lowest BCUT2D eigenvalue weighted by atomic mass is 10.0. The molecule has 0 saturated heterocycles. The summed E-state index contributed by atoms with van der Waals surface area (Å²) in [4.78, 5) is 20.0. The molecular formula is C22H28ClN5O. The van der Waals surface area contributed by atoms with Crippen molar-refractivity contribution < 1.29 is 4.79 Å². The average molecular weight is 414 g/mol. The number of rotatable bonds is 6. The van der Waals surface area contributed by atoms with E-state index in [0.717, 1.165) is 28.0 Å². The zero-order chi connectivity index (χ0) is 21.3. The number of halogens is 1. The fourth-order valence-corrected chi connectivity index (χ4v) is 3.80. The Morgan fingerprint density at radius 2 is 1.97 bits per heavy atom. The van der Waals surface area contributed by atoms with E-state index in [9.17, 15) is 4.79 Å². The Balaban J connectivity index is 1.94. The lowest BCUT2D eigenvalue weighted by Gasteiger charge is -2.26. The van der Waals surface area contributed by atoms with Gasteiger partial charge in [0, 0.05) is 24.3 Å². The molecule has 1 amide bonds. The summed E-state index contributed by atoms with van der Waals surface area (Å²) in [7, 11) is 5.81. The van der Waals surface area contributed by atoms with Crippen LogP contribution in [0.15, 0.2) is 30.3 Å². The Hall–Kier alpha value is -2.44. The fourth-order valence-electron chi connectivity index (χ4n) is 3.54. The molecule has 2 aromatic heterocycles. The molecule has 0 spiro atoms. The molecule has 0 saturated carbocycles. The second-order valence-corrected chi connectivity index (χ2v) is 8.28. The molecule has 6 nitrogen and oxygen atoms in total. The predicted molar refractivity (Wildman–Crippen MR) is 118 cm³/mol. The van der Waals surface area contributed by atoms with Gasteiger partial charge in [-0.1, -0.05) is 43.6 Å². The molecule has 0 aliphatic carbocycles. The number of benzene rings is 1. The molecule has 1 aromatic carbocycles. The highest BCUT2D eigenvalue weighted by molar-refractivity contribution is 6.31. The Morgan fingerprint density at radius 1 is 1.28 bits per heavy atom. The van der Waals surface area contributed by atoms with Crippen molar-refractivity contribution in [3.63, 3.8) is 0 Å². The van der Waals surface area contributed by atoms with Gasteiger partial charge in [0.25, 0.3) is 5.91 Å². The molecule has 0 bridgehead atoms.